The van der Waals surface area contributed by atoms with Gasteiger partial charge in [-0.05, 0) is 30.7 Å². The normalized spacial score (nSPS) is 9.90. The van der Waals surface area contributed by atoms with E-state index in [1.165, 1.54) is 0 Å². The lowest BCUT2D eigenvalue weighted by Gasteiger charge is -2.10. The Kier molecular flexibility index (Phi) is 6.58. The van der Waals surface area contributed by atoms with Crippen molar-refractivity contribution in [2.75, 3.05) is 11.9 Å². The van der Waals surface area contributed by atoms with E-state index in [0.29, 0.717) is 17.3 Å². The van der Waals surface area contributed by atoms with Crippen LogP contribution in [-0.4, -0.2) is 12.5 Å². The first-order valence-corrected chi connectivity index (χ1v) is 6.32. The third-order valence-electron chi connectivity index (χ3n) is 2.65. The number of furan rings is 1. The molecular formula is C14H16Cl2N2O2. The minimum absolute atomic E-state index is 0. The summed E-state index contributed by atoms with van der Waals surface area (Å²) in [7, 11) is 0. The van der Waals surface area contributed by atoms with Gasteiger partial charge in [-0.1, -0.05) is 23.7 Å². The minimum Gasteiger partial charge on any atom is -0.468 e. The lowest BCUT2D eigenvalue weighted by atomic mass is 10.2. The van der Waals surface area contributed by atoms with Gasteiger partial charge in [0.1, 0.15) is 5.76 Å². The molecule has 6 heteroatoms. The molecule has 108 valence electrons. The van der Waals surface area contributed by atoms with Crippen LogP contribution in [0.3, 0.4) is 0 Å². The van der Waals surface area contributed by atoms with Crippen LogP contribution >= 0.6 is 24.0 Å². The fourth-order valence-electron chi connectivity index (χ4n) is 1.69. The minimum atomic E-state index is -0.136. The van der Waals surface area contributed by atoms with Gasteiger partial charge < -0.3 is 15.1 Å². The molecule has 2 aromatic rings. The number of carbonyl (C=O) groups is 1. The van der Waals surface area contributed by atoms with E-state index in [0.717, 1.165) is 11.3 Å². The number of carbonyl (C=O) groups excluding carboxylic acids is 1. The smallest absolute Gasteiger partial charge is 0.238 e. The molecule has 1 amide bonds. The molecule has 0 saturated heterocycles. The molecule has 0 atom stereocenters. The monoisotopic (exact) mass is 314 g/mol. The molecule has 0 radical (unpaired) electrons. The van der Waals surface area contributed by atoms with Crippen molar-refractivity contribution in [3.8, 4) is 0 Å². The van der Waals surface area contributed by atoms with Crippen LogP contribution in [0.5, 0.6) is 0 Å². The summed E-state index contributed by atoms with van der Waals surface area (Å²) in [5.74, 6) is 0.657. The van der Waals surface area contributed by atoms with Gasteiger partial charge in [-0.25, -0.2) is 0 Å². The predicted octanol–water partition coefficient (Wildman–Crippen LogP) is 3.39. The molecule has 0 saturated carbocycles. The molecule has 20 heavy (non-hydrogen) atoms. The van der Waals surface area contributed by atoms with Gasteiger partial charge in [0, 0.05) is 0 Å². The Bertz CT molecular complexity index is 536. The number of hydrogen-bond donors (Lipinski definition) is 2. The Morgan fingerprint density at radius 1 is 1.30 bits per heavy atom. The second-order valence-electron chi connectivity index (χ2n) is 4.16. The number of halogens is 2. The molecule has 1 aromatic carbocycles. The molecule has 2 rings (SSSR count). The van der Waals surface area contributed by atoms with Crippen molar-refractivity contribution in [2.24, 2.45) is 0 Å². The number of aryl methyl sites for hydroxylation is 1. The van der Waals surface area contributed by atoms with Crippen LogP contribution in [0.15, 0.2) is 41.0 Å². The summed E-state index contributed by atoms with van der Waals surface area (Å²) in [6.07, 6.45) is 1.60. The third kappa shape index (κ3) is 4.56. The number of para-hydroxylation sites is 1. The lowest BCUT2D eigenvalue weighted by Crippen LogP contribution is -2.27. The molecule has 2 N–H and O–H groups in total. The molecule has 0 aliphatic carbocycles. The zero-order chi connectivity index (χ0) is 13.7. The van der Waals surface area contributed by atoms with E-state index in [2.05, 4.69) is 10.6 Å². The van der Waals surface area contributed by atoms with Gasteiger partial charge in [-0.15, -0.1) is 12.4 Å². The molecule has 1 heterocycles. The van der Waals surface area contributed by atoms with Gasteiger partial charge in [-0.2, -0.15) is 0 Å². The highest BCUT2D eigenvalue weighted by Gasteiger charge is 2.08. The van der Waals surface area contributed by atoms with Crippen molar-refractivity contribution in [2.45, 2.75) is 13.5 Å². The van der Waals surface area contributed by atoms with Gasteiger partial charge in [0.2, 0.25) is 5.91 Å². The molecule has 0 aliphatic rings. The summed E-state index contributed by atoms with van der Waals surface area (Å²) in [6.45, 7) is 2.62. The third-order valence-corrected chi connectivity index (χ3v) is 2.97. The Balaban J connectivity index is 0.00000200. The van der Waals surface area contributed by atoms with Crippen LogP contribution in [0.4, 0.5) is 5.69 Å². The molecule has 0 unspecified atom stereocenters. The van der Waals surface area contributed by atoms with E-state index >= 15 is 0 Å². The number of hydrogen-bond acceptors (Lipinski definition) is 3. The first-order chi connectivity index (χ1) is 9.16. The Morgan fingerprint density at radius 2 is 2.10 bits per heavy atom. The van der Waals surface area contributed by atoms with Crippen LogP contribution < -0.4 is 10.6 Å². The van der Waals surface area contributed by atoms with Crippen LogP contribution in [-0.2, 0) is 11.3 Å². The number of amides is 1. The van der Waals surface area contributed by atoms with E-state index in [4.69, 9.17) is 16.0 Å². The number of rotatable bonds is 5. The fraction of sp³-hybridized carbons (Fsp3) is 0.214. The topological polar surface area (TPSA) is 54.3 Å². The molecule has 1 aromatic heterocycles. The van der Waals surface area contributed by atoms with Crippen molar-refractivity contribution in [3.05, 3.63) is 52.9 Å². The van der Waals surface area contributed by atoms with E-state index < -0.39 is 0 Å². The fourth-order valence-corrected chi connectivity index (χ4v) is 1.96. The summed E-state index contributed by atoms with van der Waals surface area (Å²) in [4.78, 5) is 11.8. The molecule has 0 aliphatic heterocycles. The van der Waals surface area contributed by atoms with E-state index in [-0.39, 0.29) is 24.9 Å². The van der Waals surface area contributed by atoms with Gasteiger partial charge in [0.15, 0.2) is 0 Å². The van der Waals surface area contributed by atoms with Gasteiger partial charge in [0.05, 0.1) is 30.1 Å². The predicted molar refractivity (Wildman–Crippen MR) is 82.5 cm³/mol. The summed E-state index contributed by atoms with van der Waals surface area (Å²) >= 11 is 6.04. The molecular weight excluding hydrogens is 299 g/mol. The van der Waals surface area contributed by atoms with Crippen LogP contribution in [0.2, 0.25) is 5.02 Å². The largest absolute Gasteiger partial charge is 0.468 e. The zero-order valence-corrected chi connectivity index (χ0v) is 12.6. The highest BCUT2D eigenvalue weighted by atomic mass is 35.5. The van der Waals surface area contributed by atoms with Gasteiger partial charge in [0.25, 0.3) is 0 Å². The quantitative estimate of drug-likeness (QED) is 0.889. The van der Waals surface area contributed by atoms with E-state index in [1.54, 1.807) is 12.3 Å². The molecule has 0 bridgehead atoms. The lowest BCUT2D eigenvalue weighted by molar-refractivity contribution is -0.115. The number of benzene rings is 1. The van der Waals surface area contributed by atoms with Gasteiger partial charge in [-0.3, -0.25) is 4.79 Å². The average Bonchev–Trinajstić information content (AvgIpc) is 2.87. The van der Waals surface area contributed by atoms with Crippen LogP contribution in [0.25, 0.3) is 0 Å². The molecule has 0 fully saturated rings. The summed E-state index contributed by atoms with van der Waals surface area (Å²) in [6, 6.07) is 9.16. The second-order valence-corrected chi connectivity index (χ2v) is 4.57. The van der Waals surface area contributed by atoms with Crippen molar-refractivity contribution in [1.82, 2.24) is 5.32 Å². The molecule has 0 spiro atoms. The van der Waals surface area contributed by atoms with Crippen molar-refractivity contribution < 1.29 is 9.21 Å². The maximum atomic E-state index is 11.8. The summed E-state index contributed by atoms with van der Waals surface area (Å²) in [5.41, 5.74) is 1.60. The zero-order valence-electron chi connectivity index (χ0n) is 11.0. The molecule has 4 nitrogen and oxygen atoms in total. The Hall–Kier alpha value is -1.49. The van der Waals surface area contributed by atoms with Crippen molar-refractivity contribution in [1.29, 1.82) is 0 Å². The highest BCUT2D eigenvalue weighted by Crippen LogP contribution is 2.24. The summed E-state index contributed by atoms with van der Waals surface area (Å²) in [5, 5.41) is 6.33. The van der Waals surface area contributed by atoms with Crippen molar-refractivity contribution >= 4 is 35.6 Å². The van der Waals surface area contributed by atoms with E-state index in [9.17, 15) is 4.79 Å². The first kappa shape index (κ1) is 16.6. The maximum Gasteiger partial charge on any atom is 0.238 e. The second kappa shape index (κ2) is 7.94. The number of nitrogens with one attached hydrogen (secondary N) is 2. The van der Waals surface area contributed by atoms with Crippen LogP contribution in [0, 0.1) is 6.92 Å². The first-order valence-electron chi connectivity index (χ1n) is 5.95. The Labute approximate surface area is 128 Å². The maximum absolute atomic E-state index is 11.8. The summed E-state index contributed by atoms with van der Waals surface area (Å²) < 4.78 is 5.16. The average molecular weight is 315 g/mol. The standard InChI is InChI=1S/C14H15ClN2O2.ClH/c1-10-4-2-6-12(15)14(10)17-13(18)9-16-8-11-5-3-7-19-11;/h2-7,16H,8-9H2,1H3,(H,17,18);1H. The van der Waals surface area contributed by atoms with Gasteiger partial charge >= 0.3 is 0 Å². The number of anilines is 1. The highest BCUT2D eigenvalue weighted by molar-refractivity contribution is 6.33. The van der Waals surface area contributed by atoms with Crippen LogP contribution in [0.1, 0.15) is 11.3 Å². The van der Waals surface area contributed by atoms with E-state index in [1.807, 2.05) is 31.2 Å². The van der Waals surface area contributed by atoms with Crippen molar-refractivity contribution in [3.63, 3.8) is 0 Å². The SMILES string of the molecule is Cc1cccc(Cl)c1NC(=O)CNCc1ccco1.Cl. The Morgan fingerprint density at radius 3 is 2.75 bits per heavy atom.